The minimum absolute atomic E-state index is 0.145. The minimum Gasteiger partial charge on any atom is -0.359 e. The Morgan fingerprint density at radius 3 is 2.58 bits per heavy atom. The Bertz CT molecular complexity index is 878. The van der Waals surface area contributed by atoms with Gasteiger partial charge in [0, 0.05) is 25.9 Å². The Balaban J connectivity index is 2.00. The molecular weight excluding hydrogens is 359 g/mol. The maximum atomic E-state index is 13.5. The molecule has 1 aromatic heterocycles. The van der Waals surface area contributed by atoms with E-state index in [1.807, 2.05) is 13.0 Å². The second-order valence-corrected chi connectivity index (χ2v) is 8.04. The van der Waals surface area contributed by atoms with Crippen LogP contribution in [0.2, 0.25) is 0 Å². The molecule has 1 aromatic carbocycles. The summed E-state index contributed by atoms with van der Waals surface area (Å²) in [5.74, 6) is 0.590. The van der Waals surface area contributed by atoms with Crippen molar-refractivity contribution in [2.24, 2.45) is 4.99 Å². The summed E-state index contributed by atoms with van der Waals surface area (Å²) in [5, 5.41) is 10.0. The van der Waals surface area contributed by atoms with Gasteiger partial charge >= 0.3 is 0 Å². The summed E-state index contributed by atoms with van der Waals surface area (Å²) in [5.41, 5.74) is 1.99. The second kappa shape index (κ2) is 8.79. The molecule has 0 fully saturated rings. The summed E-state index contributed by atoms with van der Waals surface area (Å²) in [6.07, 6.45) is 1.94. The van der Waals surface area contributed by atoms with E-state index >= 15 is 0 Å². The number of guanidine groups is 1. The van der Waals surface area contributed by atoms with Crippen LogP contribution in [0.5, 0.6) is 0 Å². The fourth-order valence-corrected chi connectivity index (χ4v) is 3.21. The van der Waals surface area contributed by atoms with Gasteiger partial charge in [-0.15, -0.1) is 0 Å². The summed E-state index contributed by atoms with van der Waals surface area (Å²) in [6.45, 7) is 2.62. The van der Waals surface area contributed by atoms with Crippen LogP contribution in [0, 0.1) is 5.82 Å². The van der Waals surface area contributed by atoms with Gasteiger partial charge < -0.3 is 15.2 Å². The first-order valence-electron chi connectivity index (χ1n) is 8.14. The van der Waals surface area contributed by atoms with Gasteiger partial charge in [-0.3, -0.25) is 4.99 Å². The van der Waals surface area contributed by atoms with Gasteiger partial charge in [0.2, 0.25) is 0 Å². The number of rotatable bonds is 7. The SMILES string of the molecule is CCc1cc(CNC(=NC)NCc2cc(F)ccc2CS(C)(=O)=O)on1. The molecule has 2 N–H and O–H groups in total. The predicted octanol–water partition coefficient (Wildman–Crippen LogP) is 1.79. The molecule has 0 bridgehead atoms. The average molecular weight is 382 g/mol. The highest BCUT2D eigenvalue weighted by atomic mass is 32.2. The van der Waals surface area contributed by atoms with E-state index < -0.39 is 15.7 Å². The van der Waals surface area contributed by atoms with Gasteiger partial charge in [-0.2, -0.15) is 0 Å². The summed E-state index contributed by atoms with van der Waals surface area (Å²) >= 11 is 0. The van der Waals surface area contributed by atoms with Crippen molar-refractivity contribution in [2.45, 2.75) is 32.2 Å². The van der Waals surface area contributed by atoms with Crippen LogP contribution < -0.4 is 10.6 Å². The molecule has 0 aliphatic rings. The zero-order chi connectivity index (χ0) is 19.2. The van der Waals surface area contributed by atoms with Gasteiger partial charge in [0.1, 0.15) is 5.82 Å². The van der Waals surface area contributed by atoms with Gasteiger partial charge in [0.05, 0.1) is 18.0 Å². The summed E-state index contributed by atoms with van der Waals surface area (Å²) in [6, 6.07) is 5.93. The van der Waals surface area contributed by atoms with Crippen molar-refractivity contribution in [3.8, 4) is 0 Å². The van der Waals surface area contributed by atoms with Crippen LogP contribution in [-0.2, 0) is 35.1 Å². The third-order valence-electron chi connectivity index (χ3n) is 3.66. The van der Waals surface area contributed by atoms with Crippen LogP contribution in [0.4, 0.5) is 4.39 Å². The van der Waals surface area contributed by atoms with E-state index in [9.17, 15) is 12.8 Å². The van der Waals surface area contributed by atoms with Crippen LogP contribution in [0.15, 0.2) is 33.8 Å². The van der Waals surface area contributed by atoms with Gasteiger partial charge in [-0.05, 0) is 29.7 Å². The number of hydrogen-bond acceptors (Lipinski definition) is 5. The van der Waals surface area contributed by atoms with E-state index in [2.05, 4.69) is 20.8 Å². The molecule has 0 spiro atoms. The van der Waals surface area contributed by atoms with E-state index in [0.29, 0.717) is 29.4 Å². The van der Waals surface area contributed by atoms with Crippen molar-refractivity contribution in [2.75, 3.05) is 13.3 Å². The summed E-state index contributed by atoms with van der Waals surface area (Å²) in [4.78, 5) is 4.09. The molecule has 1 heterocycles. The molecule has 9 heteroatoms. The van der Waals surface area contributed by atoms with Crippen LogP contribution in [0.3, 0.4) is 0 Å². The quantitative estimate of drug-likeness (QED) is 0.560. The highest BCUT2D eigenvalue weighted by Gasteiger charge is 2.11. The monoisotopic (exact) mass is 382 g/mol. The molecule has 142 valence electrons. The Kier molecular flexibility index (Phi) is 6.73. The lowest BCUT2D eigenvalue weighted by atomic mass is 10.1. The topological polar surface area (TPSA) is 96.6 Å². The molecular formula is C17H23FN4O3S. The van der Waals surface area contributed by atoms with Crippen molar-refractivity contribution < 1.29 is 17.3 Å². The van der Waals surface area contributed by atoms with Crippen molar-refractivity contribution in [1.29, 1.82) is 0 Å². The maximum absolute atomic E-state index is 13.5. The molecule has 2 aromatic rings. The number of aryl methyl sites for hydroxylation is 1. The van der Waals surface area contributed by atoms with Crippen LogP contribution in [0.1, 0.15) is 29.5 Å². The average Bonchev–Trinajstić information content (AvgIpc) is 3.04. The van der Waals surface area contributed by atoms with Gasteiger partial charge in [0.25, 0.3) is 0 Å². The lowest BCUT2D eigenvalue weighted by molar-refractivity contribution is 0.374. The fraction of sp³-hybridized carbons (Fsp3) is 0.412. The normalized spacial score (nSPS) is 12.2. The lowest BCUT2D eigenvalue weighted by Crippen LogP contribution is -2.36. The van der Waals surface area contributed by atoms with Gasteiger partial charge in [-0.25, -0.2) is 12.8 Å². The van der Waals surface area contributed by atoms with E-state index in [4.69, 9.17) is 4.52 Å². The first-order valence-corrected chi connectivity index (χ1v) is 10.2. The first kappa shape index (κ1) is 19.9. The highest BCUT2D eigenvalue weighted by Crippen LogP contribution is 2.14. The molecule has 0 aliphatic heterocycles. The molecule has 0 saturated carbocycles. The number of benzene rings is 1. The predicted molar refractivity (Wildman–Crippen MR) is 97.9 cm³/mol. The van der Waals surface area contributed by atoms with Crippen molar-refractivity contribution >= 4 is 15.8 Å². The van der Waals surface area contributed by atoms with Crippen molar-refractivity contribution in [1.82, 2.24) is 15.8 Å². The van der Waals surface area contributed by atoms with Crippen molar-refractivity contribution in [3.05, 3.63) is 52.7 Å². The summed E-state index contributed by atoms with van der Waals surface area (Å²) < 4.78 is 41.8. The maximum Gasteiger partial charge on any atom is 0.191 e. The Hall–Kier alpha value is -2.42. The Morgan fingerprint density at radius 2 is 1.96 bits per heavy atom. The van der Waals surface area contributed by atoms with Crippen LogP contribution >= 0.6 is 0 Å². The van der Waals surface area contributed by atoms with Crippen LogP contribution in [0.25, 0.3) is 0 Å². The lowest BCUT2D eigenvalue weighted by Gasteiger charge is -2.13. The van der Waals surface area contributed by atoms with Gasteiger partial charge in [0.15, 0.2) is 21.6 Å². The molecule has 0 saturated heterocycles. The molecule has 7 nitrogen and oxygen atoms in total. The number of hydrogen-bond donors (Lipinski definition) is 2. The minimum atomic E-state index is -3.22. The largest absolute Gasteiger partial charge is 0.359 e. The molecule has 0 aliphatic carbocycles. The summed E-state index contributed by atoms with van der Waals surface area (Å²) in [7, 11) is -1.61. The van der Waals surface area contributed by atoms with E-state index in [0.717, 1.165) is 18.4 Å². The first-order chi connectivity index (χ1) is 12.3. The Labute approximate surface area is 152 Å². The molecule has 0 unspecified atom stereocenters. The number of halogens is 1. The number of aromatic nitrogens is 1. The fourth-order valence-electron chi connectivity index (χ4n) is 2.36. The zero-order valence-corrected chi connectivity index (χ0v) is 15.9. The number of nitrogens with one attached hydrogen (secondary N) is 2. The molecule has 0 atom stereocenters. The van der Waals surface area contributed by atoms with Crippen molar-refractivity contribution in [3.63, 3.8) is 0 Å². The molecule has 0 radical (unpaired) electrons. The highest BCUT2D eigenvalue weighted by molar-refractivity contribution is 7.89. The van der Waals surface area contributed by atoms with Crippen LogP contribution in [-0.4, -0.2) is 32.8 Å². The number of aliphatic imine (C=N–C) groups is 1. The third-order valence-corrected chi connectivity index (χ3v) is 4.49. The second-order valence-electron chi connectivity index (χ2n) is 5.90. The Morgan fingerprint density at radius 1 is 1.23 bits per heavy atom. The molecule has 26 heavy (non-hydrogen) atoms. The third kappa shape index (κ3) is 6.14. The number of nitrogens with zero attached hydrogens (tertiary/aromatic N) is 2. The molecule has 0 amide bonds. The van der Waals surface area contributed by atoms with E-state index in [1.165, 1.54) is 18.2 Å². The van der Waals surface area contributed by atoms with E-state index in [1.54, 1.807) is 7.05 Å². The zero-order valence-electron chi connectivity index (χ0n) is 15.0. The molecule has 2 rings (SSSR count). The number of sulfone groups is 1. The van der Waals surface area contributed by atoms with Gasteiger partial charge in [-0.1, -0.05) is 18.1 Å². The standard InChI is InChI=1S/C17H23FN4O3S/c1-4-15-8-16(25-22-15)10-21-17(19-2)20-9-13-7-14(18)6-5-12(13)11-26(3,23)24/h5-8H,4,9-11H2,1-3H3,(H2,19,20,21). The van der Waals surface area contributed by atoms with E-state index in [-0.39, 0.29) is 12.3 Å². The smallest absolute Gasteiger partial charge is 0.191 e.